The molecule has 0 saturated carbocycles. The molecule has 1 aliphatic carbocycles. The molecule has 5 nitrogen and oxygen atoms in total. The van der Waals surface area contributed by atoms with E-state index in [-0.39, 0.29) is 5.56 Å². The number of rotatable bonds is 1. The van der Waals surface area contributed by atoms with E-state index in [1.807, 2.05) is 18.3 Å². The predicted molar refractivity (Wildman–Crippen MR) is 71.1 cm³/mol. The third-order valence-electron chi connectivity index (χ3n) is 3.67. The summed E-state index contributed by atoms with van der Waals surface area (Å²) in [6.07, 6.45) is 8.08. The summed E-state index contributed by atoms with van der Waals surface area (Å²) in [6, 6.07) is 3.84. The Hall–Kier alpha value is -2.43. The molecule has 0 spiro atoms. The summed E-state index contributed by atoms with van der Waals surface area (Å²) in [4.78, 5) is 21.0. The number of aryl methyl sites for hydroxylation is 1. The van der Waals surface area contributed by atoms with Crippen LogP contribution in [0.4, 0.5) is 0 Å². The van der Waals surface area contributed by atoms with Crippen molar-refractivity contribution >= 4 is 5.65 Å². The first-order chi connectivity index (χ1) is 9.34. The van der Waals surface area contributed by atoms with Gasteiger partial charge in [0.25, 0.3) is 5.56 Å². The molecular weight excluding hydrogens is 240 g/mol. The minimum atomic E-state index is 0.0396. The van der Waals surface area contributed by atoms with Crippen LogP contribution in [-0.4, -0.2) is 19.6 Å². The van der Waals surface area contributed by atoms with E-state index in [0.29, 0.717) is 5.65 Å². The minimum absolute atomic E-state index is 0.0396. The number of aromatic nitrogens is 4. The zero-order valence-electron chi connectivity index (χ0n) is 10.3. The van der Waals surface area contributed by atoms with Crippen LogP contribution in [0, 0.1) is 0 Å². The standard InChI is InChI=1S/C14H12N4O/c19-14-10-2-1-3-12(10)17-13-11(8-16-18(13)14)9-4-6-15-7-5-9/h4-8,16H,1-3H2. The fourth-order valence-electron chi connectivity index (χ4n) is 2.73. The molecule has 3 aromatic heterocycles. The first kappa shape index (κ1) is 10.5. The van der Waals surface area contributed by atoms with E-state index in [2.05, 4.69) is 15.1 Å². The fourth-order valence-corrected chi connectivity index (χ4v) is 2.73. The molecule has 3 heterocycles. The molecule has 0 aromatic carbocycles. The van der Waals surface area contributed by atoms with E-state index >= 15 is 0 Å². The highest BCUT2D eigenvalue weighted by Gasteiger charge is 2.20. The van der Waals surface area contributed by atoms with Crippen LogP contribution in [0.15, 0.2) is 35.5 Å². The first-order valence-corrected chi connectivity index (χ1v) is 6.37. The Labute approximate surface area is 108 Å². The zero-order valence-corrected chi connectivity index (χ0v) is 10.3. The molecular formula is C14H12N4O. The van der Waals surface area contributed by atoms with Crippen LogP contribution < -0.4 is 5.56 Å². The van der Waals surface area contributed by atoms with Crippen LogP contribution >= 0.6 is 0 Å². The van der Waals surface area contributed by atoms with Gasteiger partial charge in [-0.05, 0) is 37.0 Å². The molecule has 1 aliphatic rings. The average molecular weight is 252 g/mol. The van der Waals surface area contributed by atoms with Gasteiger partial charge >= 0.3 is 0 Å². The van der Waals surface area contributed by atoms with Crippen molar-refractivity contribution in [3.8, 4) is 11.1 Å². The molecule has 1 N–H and O–H groups in total. The summed E-state index contributed by atoms with van der Waals surface area (Å²) < 4.78 is 1.54. The first-order valence-electron chi connectivity index (χ1n) is 6.37. The second kappa shape index (κ2) is 3.78. The Morgan fingerprint density at radius 1 is 1.21 bits per heavy atom. The van der Waals surface area contributed by atoms with E-state index in [1.54, 1.807) is 16.9 Å². The van der Waals surface area contributed by atoms with E-state index in [4.69, 9.17) is 0 Å². The number of pyridine rings is 1. The molecule has 0 aliphatic heterocycles. The monoisotopic (exact) mass is 252 g/mol. The molecule has 0 saturated heterocycles. The number of H-pyrrole nitrogens is 1. The highest BCUT2D eigenvalue weighted by atomic mass is 16.1. The van der Waals surface area contributed by atoms with E-state index in [9.17, 15) is 4.79 Å². The van der Waals surface area contributed by atoms with Crippen molar-refractivity contribution in [2.75, 3.05) is 0 Å². The summed E-state index contributed by atoms with van der Waals surface area (Å²) >= 11 is 0. The smallest absolute Gasteiger partial charge is 0.276 e. The summed E-state index contributed by atoms with van der Waals surface area (Å²) in [5, 5.41) is 3.01. The van der Waals surface area contributed by atoms with Gasteiger partial charge in [-0.25, -0.2) is 9.50 Å². The maximum absolute atomic E-state index is 12.3. The van der Waals surface area contributed by atoms with E-state index < -0.39 is 0 Å². The molecule has 0 bridgehead atoms. The lowest BCUT2D eigenvalue weighted by atomic mass is 10.1. The third kappa shape index (κ3) is 1.44. The van der Waals surface area contributed by atoms with Crippen molar-refractivity contribution in [3.05, 3.63) is 52.3 Å². The number of fused-ring (bicyclic) bond motifs is 2. The Balaban J connectivity index is 2.05. The van der Waals surface area contributed by atoms with E-state index in [0.717, 1.165) is 41.6 Å². The molecule has 94 valence electrons. The number of aromatic amines is 1. The Kier molecular flexibility index (Phi) is 2.09. The minimum Gasteiger partial charge on any atom is -0.296 e. The Bertz CT molecular complexity index is 817. The van der Waals surface area contributed by atoms with Crippen molar-refractivity contribution in [3.63, 3.8) is 0 Å². The fraction of sp³-hybridized carbons (Fsp3) is 0.214. The van der Waals surface area contributed by atoms with Crippen molar-refractivity contribution in [2.45, 2.75) is 19.3 Å². The van der Waals surface area contributed by atoms with Gasteiger partial charge in [0.2, 0.25) is 0 Å². The number of hydrogen-bond donors (Lipinski definition) is 1. The summed E-state index contributed by atoms with van der Waals surface area (Å²) in [5.74, 6) is 0. The van der Waals surface area contributed by atoms with Gasteiger partial charge in [-0.15, -0.1) is 0 Å². The molecule has 0 fully saturated rings. The highest BCUT2D eigenvalue weighted by molar-refractivity contribution is 5.76. The van der Waals surface area contributed by atoms with Crippen molar-refractivity contribution in [1.29, 1.82) is 0 Å². The molecule has 0 atom stereocenters. The average Bonchev–Trinajstić information content (AvgIpc) is 3.07. The highest BCUT2D eigenvalue weighted by Crippen LogP contribution is 2.24. The summed E-state index contributed by atoms with van der Waals surface area (Å²) in [5.41, 5.74) is 4.52. The number of hydrogen-bond acceptors (Lipinski definition) is 3. The Morgan fingerprint density at radius 3 is 2.89 bits per heavy atom. The van der Waals surface area contributed by atoms with Gasteiger partial charge in [-0.2, -0.15) is 0 Å². The number of nitrogens with one attached hydrogen (secondary N) is 1. The molecule has 4 rings (SSSR count). The van der Waals surface area contributed by atoms with Gasteiger partial charge in [-0.3, -0.25) is 14.9 Å². The summed E-state index contributed by atoms with van der Waals surface area (Å²) in [7, 11) is 0. The van der Waals surface area contributed by atoms with Crippen LogP contribution in [0.5, 0.6) is 0 Å². The quantitative estimate of drug-likeness (QED) is 0.715. The predicted octanol–water partition coefficient (Wildman–Crippen LogP) is 1.57. The van der Waals surface area contributed by atoms with E-state index in [1.165, 1.54) is 0 Å². The van der Waals surface area contributed by atoms with Gasteiger partial charge in [0.15, 0.2) is 5.65 Å². The van der Waals surface area contributed by atoms with Crippen molar-refractivity contribution in [2.24, 2.45) is 0 Å². The SMILES string of the molecule is O=c1c2c(nc3c(-c4ccncc4)c[nH]n13)CCC2. The van der Waals surface area contributed by atoms with Gasteiger partial charge < -0.3 is 0 Å². The largest absolute Gasteiger partial charge is 0.296 e. The lowest BCUT2D eigenvalue weighted by Crippen LogP contribution is -2.20. The summed E-state index contributed by atoms with van der Waals surface area (Å²) in [6.45, 7) is 0. The lowest BCUT2D eigenvalue weighted by Gasteiger charge is -2.01. The van der Waals surface area contributed by atoms with Gasteiger partial charge in [0, 0.05) is 29.7 Å². The van der Waals surface area contributed by atoms with Gasteiger partial charge in [-0.1, -0.05) is 0 Å². The van der Waals surface area contributed by atoms with Gasteiger partial charge in [0.05, 0.1) is 5.69 Å². The Morgan fingerprint density at radius 2 is 2.05 bits per heavy atom. The third-order valence-corrected chi connectivity index (χ3v) is 3.67. The number of nitrogens with zero attached hydrogens (tertiary/aromatic N) is 3. The molecule has 0 amide bonds. The van der Waals surface area contributed by atoms with Crippen LogP contribution in [0.25, 0.3) is 16.8 Å². The molecule has 0 radical (unpaired) electrons. The van der Waals surface area contributed by atoms with Gasteiger partial charge in [0.1, 0.15) is 0 Å². The topological polar surface area (TPSA) is 63.0 Å². The van der Waals surface area contributed by atoms with Crippen LogP contribution in [-0.2, 0) is 12.8 Å². The molecule has 3 aromatic rings. The normalized spacial score (nSPS) is 13.9. The van der Waals surface area contributed by atoms with Crippen molar-refractivity contribution in [1.82, 2.24) is 19.6 Å². The molecule has 19 heavy (non-hydrogen) atoms. The second-order valence-electron chi connectivity index (χ2n) is 4.78. The molecule has 0 unspecified atom stereocenters. The van der Waals surface area contributed by atoms with Crippen LogP contribution in [0.3, 0.4) is 0 Å². The van der Waals surface area contributed by atoms with Crippen LogP contribution in [0.2, 0.25) is 0 Å². The maximum Gasteiger partial charge on any atom is 0.276 e. The van der Waals surface area contributed by atoms with Crippen LogP contribution in [0.1, 0.15) is 17.7 Å². The lowest BCUT2D eigenvalue weighted by molar-refractivity contribution is 0.870. The van der Waals surface area contributed by atoms with Crippen molar-refractivity contribution < 1.29 is 0 Å². The zero-order chi connectivity index (χ0) is 12.8. The second-order valence-corrected chi connectivity index (χ2v) is 4.78. The maximum atomic E-state index is 12.3. The molecule has 5 heteroatoms.